The van der Waals surface area contributed by atoms with Gasteiger partial charge in [0, 0.05) is 24.5 Å². The Morgan fingerprint density at radius 1 is 0.826 bits per heavy atom. The first-order valence-electron chi connectivity index (χ1n) is 15.5. The summed E-state index contributed by atoms with van der Waals surface area (Å²) in [6.45, 7) is 7.73. The quantitative estimate of drug-likeness (QED) is 0.148. The summed E-state index contributed by atoms with van der Waals surface area (Å²) in [4.78, 5) is 30.0. The average molecular weight is 660 g/mol. The van der Waals surface area contributed by atoms with Crippen molar-refractivity contribution in [2.45, 2.75) is 64.4 Å². The van der Waals surface area contributed by atoms with Gasteiger partial charge in [0.25, 0.3) is 10.0 Å². The molecule has 0 radical (unpaired) electrons. The fourth-order valence-electron chi connectivity index (χ4n) is 5.15. The highest BCUT2D eigenvalue weighted by Crippen LogP contribution is 2.30. The van der Waals surface area contributed by atoms with E-state index < -0.39 is 28.5 Å². The van der Waals surface area contributed by atoms with Gasteiger partial charge in [-0.1, -0.05) is 109 Å². The summed E-state index contributed by atoms with van der Waals surface area (Å²) in [5, 5.41) is 3.35. The van der Waals surface area contributed by atoms with Gasteiger partial charge in [-0.15, -0.1) is 0 Å². The molecule has 0 aromatic heterocycles. The van der Waals surface area contributed by atoms with Crippen molar-refractivity contribution in [2.75, 3.05) is 17.4 Å². The molecule has 4 aromatic carbocycles. The molecule has 242 valence electrons. The number of nitrogens with one attached hydrogen (secondary N) is 1. The van der Waals surface area contributed by atoms with Gasteiger partial charge in [-0.3, -0.25) is 13.9 Å². The smallest absolute Gasteiger partial charge is 0.264 e. The number of sulfonamides is 1. The lowest BCUT2D eigenvalue weighted by molar-refractivity contribution is -0.140. The summed E-state index contributed by atoms with van der Waals surface area (Å²) in [7, 11) is -4.21. The third kappa shape index (κ3) is 8.98. The van der Waals surface area contributed by atoms with Crippen LogP contribution in [0.25, 0.3) is 0 Å². The Morgan fingerprint density at radius 2 is 1.46 bits per heavy atom. The summed E-state index contributed by atoms with van der Waals surface area (Å²) >= 11 is 6.37. The molecule has 46 heavy (non-hydrogen) atoms. The van der Waals surface area contributed by atoms with E-state index in [1.54, 1.807) is 37.3 Å². The van der Waals surface area contributed by atoms with Gasteiger partial charge in [0.15, 0.2) is 0 Å². The van der Waals surface area contributed by atoms with Crippen molar-refractivity contribution in [3.63, 3.8) is 0 Å². The number of carbonyl (C=O) groups excluding carboxylic acids is 2. The number of unbranched alkanes of at least 4 members (excludes halogenated alkanes) is 1. The second-order valence-electron chi connectivity index (χ2n) is 11.6. The number of amides is 2. The van der Waals surface area contributed by atoms with Crippen molar-refractivity contribution in [3.8, 4) is 0 Å². The highest BCUT2D eigenvalue weighted by atomic mass is 35.5. The molecule has 9 heteroatoms. The molecule has 0 bridgehead atoms. The van der Waals surface area contributed by atoms with Crippen molar-refractivity contribution < 1.29 is 18.0 Å². The van der Waals surface area contributed by atoms with Gasteiger partial charge >= 0.3 is 0 Å². The van der Waals surface area contributed by atoms with Crippen LogP contribution in [0.5, 0.6) is 0 Å². The van der Waals surface area contributed by atoms with E-state index >= 15 is 0 Å². The molecule has 1 N–H and O–H groups in total. The maximum Gasteiger partial charge on any atom is 0.264 e. The van der Waals surface area contributed by atoms with Crippen molar-refractivity contribution in [3.05, 3.63) is 130 Å². The summed E-state index contributed by atoms with van der Waals surface area (Å²) in [6, 6.07) is 27.9. The molecule has 0 aliphatic rings. The van der Waals surface area contributed by atoms with Crippen LogP contribution in [0.15, 0.2) is 102 Å². The normalized spacial score (nSPS) is 11.9. The van der Waals surface area contributed by atoms with E-state index in [1.807, 2.05) is 75.4 Å². The van der Waals surface area contributed by atoms with E-state index in [-0.39, 0.29) is 23.8 Å². The SMILES string of the molecule is CCCCNC(=O)[C@H](Cc1ccccc1)N(Cc1ccc(C)cc1)C(=O)CN(c1cc(Cl)ccc1C)S(=O)(=O)c1ccc(C)cc1. The molecule has 0 aliphatic carbocycles. The number of hydrogen-bond acceptors (Lipinski definition) is 4. The largest absolute Gasteiger partial charge is 0.354 e. The van der Waals surface area contributed by atoms with Crippen molar-refractivity contribution in [1.82, 2.24) is 10.2 Å². The molecule has 0 unspecified atom stereocenters. The fourth-order valence-corrected chi connectivity index (χ4v) is 6.79. The monoisotopic (exact) mass is 659 g/mol. The van der Waals surface area contributed by atoms with E-state index in [1.165, 1.54) is 17.0 Å². The van der Waals surface area contributed by atoms with Crippen LogP contribution in [0.1, 0.15) is 47.6 Å². The first kappa shape index (κ1) is 34.7. The average Bonchev–Trinajstić information content (AvgIpc) is 3.04. The lowest BCUT2D eigenvalue weighted by atomic mass is 10.0. The number of rotatable bonds is 14. The molecular formula is C37H42ClN3O4S. The van der Waals surface area contributed by atoms with Crippen molar-refractivity contribution in [2.24, 2.45) is 0 Å². The Balaban J connectivity index is 1.81. The Morgan fingerprint density at radius 3 is 2.09 bits per heavy atom. The molecule has 4 rings (SSSR count). The zero-order chi connectivity index (χ0) is 33.3. The number of hydrogen-bond donors (Lipinski definition) is 1. The van der Waals surface area contributed by atoms with Gasteiger partial charge in [0.1, 0.15) is 12.6 Å². The third-order valence-corrected chi connectivity index (χ3v) is 9.91. The minimum absolute atomic E-state index is 0.0495. The standard InChI is InChI=1S/C37H42ClN3O4S/c1-5-6-22-39-37(43)35(23-30-10-8-7-9-11-30)40(25-31-17-12-27(2)13-18-31)36(42)26-41(34-24-32(38)19-16-29(34)4)46(44,45)33-20-14-28(3)15-21-33/h7-21,24,35H,5-6,22-23,25-26H2,1-4H3,(H,39,43)/t35-/m0/s1. The predicted octanol–water partition coefficient (Wildman–Crippen LogP) is 7.02. The lowest BCUT2D eigenvalue weighted by Crippen LogP contribution is -2.53. The molecule has 0 spiro atoms. The Hall–Kier alpha value is -4.14. The molecule has 0 saturated heterocycles. The minimum Gasteiger partial charge on any atom is -0.354 e. The number of halogens is 1. The highest BCUT2D eigenvalue weighted by molar-refractivity contribution is 7.92. The van der Waals surface area contributed by atoms with Crippen LogP contribution < -0.4 is 9.62 Å². The van der Waals surface area contributed by atoms with Crippen LogP contribution in [0.4, 0.5) is 5.69 Å². The number of aryl methyl sites for hydroxylation is 3. The minimum atomic E-state index is -4.21. The Kier molecular flexibility index (Phi) is 12.0. The molecule has 0 heterocycles. The zero-order valence-corrected chi connectivity index (χ0v) is 28.4. The van der Waals surface area contributed by atoms with Crippen LogP contribution in [-0.2, 0) is 32.6 Å². The Bertz CT molecular complexity index is 1730. The molecule has 0 saturated carbocycles. The predicted molar refractivity (Wildman–Crippen MR) is 185 cm³/mol. The summed E-state index contributed by atoms with van der Waals surface area (Å²) in [6.07, 6.45) is 1.96. The third-order valence-electron chi connectivity index (χ3n) is 7.90. The molecule has 0 fully saturated rings. The fraction of sp³-hybridized carbons (Fsp3) is 0.297. The summed E-state index contributed by atoms with van der Waals surface area (Å²) in [5.41, 5.74) is 4.61. The van der Waals surface area contributed by atoms with Gasteiger partial charge in [0.05, 0.1) is 10.6 Å². The second-order valence-corrected chi connectivity index (χ2v) is 13.9. The van der Waals surface area contributed by atoms with E-state index in [0.717, 1.165) is 39.4 Å². The summed E-state index contributed by atoms with van der Waals surface area (Å²) in [5.74, 6) is -0.799. The molecular weight excluding hydrogens is 618 g/mol. The first-order chi connectivity index (χ1) is 22.0. The molecule has 4 aromatic rings. The Labute approximate surface area is 278 Å². The van der Waals surface area contributed by atoms with Gasteiger partial charge < -0.3 is 10.2 Å². The van der Waals surface area contributed by atoms with Gasteiger partial charge in [0.2, 0.25) is 11.8 Å². The molecule has 7 nitrogen and oxygen atoms in total. The van der Waals surface area contributed by atoms with E-state index in [9.17, 15) is 18.0 Å². The van der Waals surface area contributed by atoms with Crippen molar-refractivity contribution >= 4 is 39.1 Å². The number of anilines is 1. The second kappa shape index (κ2) is 15.9. The molecule has 2 amide bonds. The lowest BCUT2D eigenvalue weighted by Gasteiger charge is -2.34. The van der Waals surface area contributed by atoms with E-state index in [0.29, 0.717) is 22.8 Å². The summed E-state index contributed by atoms with van der Waals surface area (Å²) < 4.78 is 29.6. The number of benzene rings is 4. The number of nitrogens with zero attached hydrogens (tertiary/aromatic N) is 2. The van der Waals surface area contributed by atoms with Crippen molar-refractivity contribution in [1.29, 1.82) is 0 Å². The van der Waals surface area contributed by atoms with Crippen LogP contribution in [0.3, 0.4) is 0 Å². The molecule has 1 atom stereocenters. The highest BCUT2D eigenvalue weighted by Gasteiger charge is 2.35. The number of carbonyl (C=O) groups is 2. The maximum absolute atomic E-state index is 14.6. The van der Waals surface area contributed by atoms with Gasteiger partial charge in [-0.05, 0) is 68.1 Å². The van der Waals surface area contributed by atoms with E-state index in [4.69, 9.17) is 11.6 Å². The zero-order valence-electron chi connectivity index (χ0n) is 26.9. The maximum atomic E-state index is 14.6. The van der Waals surface area contributed by atoms with Gasteiger partial charge in [-0.2, -0.15) is 0 Å². The van der Waals surface area contributed by atoms with Crippen LogP contribution in [0, 0.1) is 20.8 Å². The van der Waals surface area contributed by atoms with Crippen LogP contribution >= 0.6 is 11.6 Å². The van der Waals surface area contributed by atoms with Crippen LogP contribution in [0.2, 0.25) is 5.02 Å². The first-order valence-corrected chi connectivity index (χ1v) is 17.3. The van der Waals surface area contributed by atoms with E-state index in [2.05, 4.69) is 5.32 Å². The van der Waals surface area contributed by atoms with Gasteiger partial charge in [-0.25, -0.2) is 8.42 Å². The van der Waals surface area contributed by atoms with Crippen LogP contribution in [-0.4, -0.2) is 44.3 Å². The molecule has 0 aliphatic heterocycles. The topological polar surface area (TPSA) is 86.8 Å².